The monoisotopic (exact) mass is 348 g/mol. The molecule has 0 spiro atoms. The van der Waals surface area contributed by atoms with E-state index in [1.54, 1.807) is 30.3 Å². The summed E-state index contributed by atoms with van der Waals surface area (Å²) < 4.78 is 0. The average Bonchev–Trinajstić information content (AvgIpc) is 2.32. The van der Waals surface area contributed by atoms with Gasteiger partial charge in [0.25, 0.3) is 0 Å². The van der Waals surface area contributed by atoms with Crippen molar-refractivity contribution in [2.75, 3.05) is 0 Å². The Kier molecular flexibility index (Phi) is 4.82. The van der Waals surface area contributed by atoms with Gasteiger partial charge in [-0.05, 0) is 35.4 Å². The third-order valence-electron chi connectivity index (χ3n) is 2.63. The molecule has 0 aliphatic heterocycles. The second-order valence-corrected chi connectivity index (χ2v) is 5.82. The molecule has 20 heavy (non-hydrogen) atoms. The molecule has 0 fully saturated rings. The molecule has 2 aromatic carbocycles. The van der Waals surface area contributed by atoms with Crippen molar-refractivity contribution in [2.24, 2.45) is 0 Å². The summed E-state index contributed by atoms with van der Waals surface area (Å²) in [6, 6.07) is 8.18. The zero-order chi connectivity index (χ0) is 14.9. The molecule has 0 aliphatic carbocycles. The van der Waals surface area contributed by atoms with Gasteiger partial charge in [-0.25, -0.2) is 0 Å². The predicted molar refractivity (Wildman–Crippen MR) is 83.3 cm³/mol. The highest BCUT2D eigenvalue weighted by Gasteiger charge is 2.11. The molecule has 0 aromatic heterocycles. The summed E-state index contributed by atoms with van der Waals surface area (Å²) in [5.41, 5.74) is 1.93. The Bertz CT molecular complexity index is 683. The van der Waals surface area contributed by atoms with E-state index in [2.05, 4.69) is 0 Å². The maximum absolute atomic E-state index is 10.8. The van der Waals surface area contributed by atoms with Gasteiger partial charge in [-0.15, -0.1) is 0 Å². The van der Waals surface area contributed by atoms with Crippen molar-refractivity contribution < 1.29 is 9.90 Å². The number of aliphatic carboxylic acids is 1. The van der Waals surface area contributed by atoms with Gasteiger partial charge in [0.15, 0.2) is 0 Å². The number of carbonyl (C=O) groups is 1. The number of hydrogen-bond donors (Lipinski definition) is 1. The van der Waals surface area contributed by atoms with Crippen molar-refractivity contribution in [3.63, 3.8) is 0 Å². The molecule has 0 atom stereocenters. The van der Waals surface area contributed by atoms with Crippen LogP contribution in [0.1, 0.15) is 5.56 Å². The van der Waals surface area contributed by atoms with Crippen LogP contribution in [0.5, 0.6) is 0 Å². The van der Waals surface area contributed by atoms with Gasteiger partial charge in [-0.3, -0.25) is 4.79 Å². The maximum Gasteiger partial charge on any atom is 0.307 e. The molecular weight excluding hydrogens is 342 g/mol. The highest BCUT2D eigenvalue weighted by molar-refractivity contribution is 6.44. The maximum atomic E-state index is 10.8. The first-order chi connectivity index (χ1) is 9.36. The van der Waals surface area contributed by atoms with Crippen LogP contribution in [0.15, 0.2) is 30.3 Å². The lowest BCUT2D eigenvalue weighted by molar-refractivity contribution is -0.136. The minimum Gasteiger partial charge on any atom is -0.481 e. The minimum absolute atomic E-state index is 0.119. The molecule has 104 valence electrons. The Hall–Kier alpha value is -0.930. The van der Waals surface area contributed by atoms with Crippen LogP contribution in [0.4, 0.5) is 0 Å². The molecule has 0 saturated heterocycles. The third-order valence-corrected chi connectivity index (χ3v) is 3.89. The summed E-state index contributed by atoms with van der Waals surface area (Å²) in [7, 11) is 0. The molecule has 1 N–H and O–H groups in total. The van der Waals surface area contributed by atoms with Gasteiger partial charge in [0.2, 0.25) is 0 Å². The van der Waals surface area contributed by atoms with Crippen LogP contribution in [-0.2, 0) is 11.2 Å². The van der Waals surface area contributed by atoms with Crippen LogP contribution in [0.3, 0.4) is 0 Å². The number of carboxylic acids is 1. The summed E-state index contributed by atoms with van der Waals surface area (Å²) in [5.74, 6) is -0.932. The van der Waals surface area contributed by atoms with Crippen LogP contribution in [0.25, 0.3) is 11.1 Å². The molecule has 0 aliphatic rings. The first kappa shape index (κ1) is 15.5. The van der Waals surface area contributed by atoms with Gasteiger partial charge in [0.05, 0.1) is 16.5 Å². The number of hydrogen-bond acceptors (Lipinski definition) is 1. The van der Waals surface area contributed by atoms with Crippen LogP contribution in [-0.4, -0.2) is 11.1 Å². The van der Waals surface area contributed by atoms with Crippen molar-refractivity contribution in [3.05, 3.63) is 56.0 Å². The van der Waals surface area contributed by atoms with E-state index in [0.717, 1.165) is 0 Å². The van der Waals surface area contributed by atoms with Gasteiger partial charge < -0.3 is 5.11 Å². The number of halogens is 4. The highest BCUT2D eigenvalue weighted by atomic mass is 35.5. The lowest BCUT2D eigenvalue weighted by Gasteiger charge is -2.09. The fraction of sp³-hybridized carbons (Fsp3) is 0.0714. The van der Waals surface area contributed by atoms with E-state index in [-0.39, 0.29) is 6.42 Å². The lowest BCUT2D eigenvalue weighted by atomic mass is 10.0. The minimum atomic E-state index is -0.932. The fourth-order valence-corrected chi connectivity index (χ4v) is 2.74. The largest absolute Gasteiger partial charge is 0.481 e. The number of benzene rings is 2. The molecule has 2 nitrogen and oxygen atoms in total. The molecule has 0 unspecified atom stereocenters. The smallest absolute Gasteiger partial charge is 0.307 e. The molecule has 0 radical (unpaired) electrons. The van der Waals surface area contributed by atoms with Crippen molar-refractivity contribution >= 4 is 52.4 Å². The lowest BCUT2D eigenvalue weighted by Crippen LogP contribution is -2.00. The molecule has 0 amide bonds. The Morgan fingerprint density at radius 1 is 0.900 bits per heavy atom. The summed E-state index contributed by atoms with van der Waals surface area (Å²) in [6.45, 7) is 0. The van der Waals surface area contributed by atoms with E-state index >= 15 is 0 Å². The Balaban J connectivity index is 2.55. The predicted octanol–water partition coefficient (Wildman–Crippen LogP) is 5.59. The van der Waals surface area contributed by atoms with Gasteiger partial charge in [-0.1, -0.05) is 52.5 Å². The second kappa shape index (κ2) is 6.23. The first-order valence-corrected chi connectivity index (χ1v) is 7.04. The van der Waals surface area contributed by atoms with E-state index in [1.807, 2.05) is 0 Å². The molecular formula is C14H8Cl4O2. The molecule has 2 rings (SSSR count). The molecule has 0 saturated carbocycles. The highest BCUT2D eigenvalue weighted by Crippen LogP contribution is 2.36. The fourth-order valence-electron chi connectivity index (χ4n) is 1.83. The van der Waals surface area contributed by atoms with E-state index < -0.39 is 5.97 Å². The molecule has 6 heteroatoms. The van der Waals surface area contributed by atoms with Gasteiger partial charge >= 0.3 is 5.97 Å². The summed E-state index contributed by atoms with van der Waals surface area (Å²) >= 11 is 24.0. The van der Waals surface area contributed by atoms with Crippen LogP contribution >= 0.6 is 46.4 Å². The van der Waals surface area contributed by atoms with Crippen molar-refractivity contribution in [1.82, 2.24) is 0 Å². The van der Waals surface area contributed by atoms with E-state index in [4.69, 9.17) is 51.5 Å². The van der Waals surface area contributed by atoms with Gasteiger partial charge in [-0.2, -0.15) is 0 Å². The van der Waals surface area contributed by atoms with E-state index in [1.165, 1.54) is 0 Å². The van der Waals surface area contributed by atoms with Crippen molar-refractivity contribution in [1.29, 1.82) is 0 Å². The Morgan fingerprint density at radius 3 is 2.20 bits per heavy atom. The quantitative estimate of drug-likeness (QED) is 0.733. The van der Waals surface area contributed by atoms with E-state index in [0.29, 0.717) is 36.8 Å². The SMILES string of the molecule is O=C(O)Cc1cc(Cl)cc(-c2cc(Cl)c(Cl)cc2Cl)c1. The summed E-state index contributed by atoms with van der Waals surface area (Å²) in [4.78, 5) is 10.8. The average molecular weight is 350 g/mol. The van der Waals surface area contributed by atoms with Crippen LogP contribution in [0, 0.1) is 0 Å². The summed E-state index contributed by atoms with van der Waals surface area (Å²) in [6.07, 6.45) is -0.119. The molecule has 0 bridgehead atoms. The van der Waals surface area contributed by atoms with Crippen LogP contribution in [0.2, 0.25) is 20.1 Å². The standard InChI is InChI=1S/C14H8Cl4O2/c15-9-2-7(3-14(19)20)1-8(4-9)10-5-12(17)13(18)6-11(10)16/h1-2,4-6H,3H2,(H,19,20). The van der Waals surface area contributed by atoms with Crippen molar-refractivity contribution in [3.8, 4) is 11.1 Å². The molecule has 2 aromatic rings. The van der Waals surface area contributed by atoms with Gasteiger partial charge in [0.1, 0.15) is 0 Å². The summed E-state index contributed by atoms with van der Waals surface area (Å²) in [5, 5.41) is 10.4. The third kappa shape index (κ3) is 3.58. The number of rotatable bonds is 3. The van der Waals surface area contributed by atoms with E-state index in [9.17, 15) is 4.79 Å². The Morgan fingerprint density at radius 2 is 1.55 bits per heavy atom. The zero-order valence-corrected chi connectivity index (χ0v) is 13.0. The first-order valence-electron chi connectivity index (χ1n) is 5.53. The number of carboxylic acid groups (broad SMARTS) is 1. The topological polar surface area (TPSA) is 37.3 Å². The zero-order valence-electron chi connectivity index (χ0n) is 9.96. The second-order valence-electron chi connectivity index (χ2n) is 4.16. The Labute approximate surface area is 135 Å². The normalized spacial score (nSPS) is 10.6. The van der Waals surface area contributed by atoms with Crippen LogP contribution < -0.4 is 0 Å². The van der Waals surface area contributed by atoms with Gasteiger partial charge in [0, 0.05) is 15.6 Å². The molecule has 0 heterocycles. The van der Waals surface area contributed by atoms with Crippen molar-refractivity contribution in [2.45, 2.75) is 6.42 Å².